The first-order valence-electron chi connectivity index (χ1n) is 8.08. The second-order valence-corrected chi connectivity index (χ2v) is 6.85. The molecule has 25 heavy (non-hydrogen) atoms. The lowest BCUT2D eigenvalue weighted by molar-refractivity contribution is -0.384. The van der Waals surface area contributed by atoms with Crippen LogP contribution in [0.15, 0.2) is 18.2 Å². The summed E-state index contributed by atoms with van der Waals surface area (Å²) in [7, 11) is 0. The van der Waals surface area contributed by atoms with Gasteiger partial charge in [0, 0.05) is 11.1 Å². The van der Waals surface area contributed by atoms with Crippen molar-refractivity contribution >= 4 is 28.9 Å². The monoisotopic (exact) mass is 371 g/mol. The van der Waals surface area contributed by atoms with Crippen molar-refractivity contribution in [1.82, 2.24) is 5.32 Å². The van der Waals surface area contributed by atoms with Crippen LogP contribution < -0.4 is 10.6 Å². The van der Waals surface area contributed by atoms with Gasteiger partial charge in [0.05, 0.1) is 17.6 Å². The molecule has 1 fully saturated rings. The molecule has 0 bridgehead atoms. The molecule has 3 N–H and O–H groups in total. The van der Waals surface area contributed by atoms with Gasteiger partial charge in [-0.3, -0.25) is 14.9 Å². The predicted octanol–water partition coefficient (Wildman–Crippen LogP) is 2.30. The molecule has 0 saturated carbocycles. The number of anilines is 1. The van der Waals surface area contributed by atoms with Crippen LogP contribution in [-0.2, 0) is 9.53 Å². The Labute approximate surface area is 150 Å². The number of carbonyl (C=O) groups is 1. The summed E-state index contributed by atoms with van der Waals surface area (Å²) < 4.78 is 5.03. The summed E-state index contributed by atoms with van der Waals surface area (Å²) in [6.45, 7) is 4.26. The topological polar surface area (TPSA) is 114 Å². The first kappa shape index (κ1) is 19.4. The zero-order valence-electron chi connectivity index (χ0n) is 14.1. The van der Waals surface area contributed by atoms with Gasteiger partial charge in [-0.15, -0.1) is 0 Å². The van der Waals surface area contributed by atoms with Crippen LogP contribution in [0.5, 0.6) is 0 Å². The Hall–Kier alpha value is -1.90. The molecule has 138 valence electrons. The van der Waals surface area contributed by atoms with Gasteiger partial charge in [-0.25, -0.2) is 0 Å². The Morgan fingerprint density at radius 2 is 2.24 bits per heavy atom. The van der Waals surface area contributed by atoms with Crippen molar-refractivity contribution in [2.45, 2.75) is 45.1 Å². The van der Waals surface area contributed by atoms with Gasteiger partial charge in [-0.05, 0) is 30.9 Å². The molecule has 1 aliphatic rings. The minimum atomic E-state index is -1.04. The van der Waals surface area contributed by atoms with Gasteiger partial charge in [0.1, 0.15) is 11.7 Å². The maximum atomic E-state index is 12.6. The summed E-state index contributed by atoms with van der Waals surface area (Å²) in [6.07, 6.45) is -0.0678. The van der Waals surface area contributed by atoms with Crippen LogP contribution in [0.1, 0.15) is 26.7 Å². The summed E-state index contributed by atoms with van der Waals surface area (Å²) in [5, 5.41) is 26.9. The van der Waals surface area contributed by atoms with Crippen molar-refractivity contribution in [1.29, 1.82) is 0 Å². The van der Waals surface area contributed by atoms with Gasteiger partial charge >= 0.3 is 0 Å². The number of benzene rings is 1. The Morgan fingerprint density at radius 3 is 2.80 bits per heavy atom. The standard InChI is InChI=1S/C16H22ClN3O5/c1-9(2)7-13(15(21)19-11-5-6-25-16(11)22)18-12-8-10(17)3-4-14(12)20(23)24/h3-4,8-9,11,13,16,18,22H,5-7H2,1-2H3,(H,19,21). The Morgan fingerprint density at radius 1 is 1.52 bits per heavy atom. The number of hydrogen-bond donors (Lipinski definition) is 3. The number of halogens is 1. The molecule has 3 unspecified atom stereocenters. The average molecular weight is 372 g/mol. The summed E-state index contributed by atoms with van der Waals surface area (Å²) >= 11 is 5.93. The number of ether oxygens (including phenoxy) is 1. The number of nitro groups is 1. The molecule has 3 atom stereocenters. The van der Waals surface area contributed by atoms with Crippen molar-refractivity contribution < 1.29 is 19.6 Å². The molecule has 9 heteroatoms. The molecular formula is C16H22ClN3O5. The lowest BCUT2D eigenvalue weighted by Gasteiger charge is -2.24. The van der Waals surface area contributed by atoms with Crippen LogP contribution >= 0.6 is 11.6 Å². The van der Waals surface area contributed by atoms with Crippen LogP contribution in [0, 0.1) is 16.0 Å². The zero-order valence-corrected chi connectivity index (χ0v) is 14.8. The number of aliphatic hydroxyl groups excluding tert-OH is 1. The van der Waals surface area contributed by atoms with E-state index in [0.29, 0.717) is 24.5 Å². The van der Waals surface area contributed by atoms with E-state index in [0.717, 1.165) is 0 Å². The van der Waals surface area contributed by atoms with Gasteiger partial charge in [-0.1, -0.05) is 25.4 Å². The summed E-state index contributed by atoms with van der Waals surface area (Å²) in [5.74, 6) is -0.177. The van der Waals surface area contributed by atoms with Crippen LogP contribution in [0.2, 0.25) is 5.02 Å². The second kappa shape index (κ2) is 8.46. The molecule has 1 aromatic carbocycles. The average Bonchev–Trinajstić information content (AvgIpc) is 2.91. The van der Waals surface area contributed by atoms with Gasteiger partial charge in [0.15, 0.2) is 6.29 Å². The highest BCUT2D eigenvalue weighted by atomic mass is 35.5. The van der Waals surface area contributed by atoms with E-state index in [-0.39, 0.29) is 23.2 Å². The fourth-order valence-corrected chi connectivity index (χ4v) is 2.85. The van der Waals surface area contributed by atoms with Gasteiger partial charge in [0.25, 0.3) is 5.69 Å². The van der Waals surface area contributed by atoms with Crippen molar-refractivity contribution in [2.24, 2.45) is 5.92 Å². The molecule has 0 aromatic heterocycles. The molecule has 1 amide bonds. The third kappa shape index (κ3) is 5.29. The molecule has 1 heterocycles. The van der Waals surface area contributed by atoms with E-state index in [1.165, 1.54) is 18.2 Å². The maximum absolute atomic E-state index is 12.6. The van der Waals surface area contributed by atoms with Crippen LogP contribution in [-0.4, -0.2) is 40.9 Å². The van der Waals surface area contributed by atoms with E-state index in [2.05, 4.69) is 10.6 Å². The molecule has 8 nitrogen and oxygen atoms in total. The summed E-state index contributed by atoms with van der Waals surface area (Å²) in [4.78, 5) is 23.3. The minimum Gasteiger partial charge on any atom is -0.368 e. The van der Waals surface area contributed by atoms with Gasteiger partial charge < -0.3 is 20.5 Å². The first-order valence-corrected chi connectivity index (χ1v) is 8.46. The van der Waals surface area contributed by atoms with E-state index in [1.807, 2.05) is 13.8 Å². The van der Waals surface area contributed by atoms with E-state index >= 15 is 0 Å². The normalized spacial score (nSPS) is 21.2. The molecular weight excluding hydrogens is 350 g/mol. The highest BCUT2D eigenvalue weighted by Crippen LogP contribution is 2.29. The SMILES string of the molecule is CC(C)CC(Nc1cc(Cl)ccc1[N+](=O)[O-])C(=O)NC1CCOC1O. The molecule has 2 rings (SSSR count). The Bertz CT molecular complexity index is 640. The van der Waals surface area contributed by atoms with Crippen molar-refractivity contribution in [3.05, 3.63) is 33.3 Å². The predicted molar refractivity (Wildman–Crippen MR) is 93.5 cm³/mol. The largest absolute Gasteiger partial charge is 0.368 e. The van der Waals surface area contributed by atoms with Crippen LogP contribution in [0.4, 0.5) is 11.4 Å². The van der Waals surface area contributed by atoms with E-state index < -0.39 is 23.3 Å². The Kier molecular flexibility index (Phi) is 6.57. The number of rotatable bonds is 7. The lowest BCUT2D eigenvalue weighted by Crippen LogP contribution is -2.48. The quantitative estimate of drug-likeness (QED) is 0.500. The van der Waals surface area contributed by atoms with Crippen molar-refractivity contribution in [3.63, 3.8) is 0 Å². The van der Waals surface area contributed by atoms with Crippen molar-refractivity contribution in [2.75, 3.05) is 11.9 Å². The molecule has 1 saturated heterocycles. The first-order chi connectivity index (χ1) is 11.8. The second-order valence-electron chi connectivity index (χ2n) is 6.41. The molecule has 0 aliphatic carbocycles. The zero-order chi connectivity index (χ0) is 18.6. The number of hydrogen-bond acceptors (Lipinski definition) is 6. The number of amides is 1. The lowest BCUT2D eigenvalue weighted by atomic mass is 10.0. The highest BCUT2D eigenvalue weighted by Gasteiger charge is 2.31. The number of aliphatic hydroxyl groups is 1. The van der Waals surface area contributed by atoms with E-state index in [9.17, 15) is 20.0 Å². The van der Waals surface area contributed by atoms with Crippen LogP contribution in [0.25, 0.3) is 0 Å². The molecule has 1 aliphatic heterocycles. The van der Waals surface area contributed by atoms with Gasteiger partial charge in [-0.2, -0.15) is 0 Å². The Balaban J connectivity index is 2.18. The minimum absolute atomic E-state index is 0.157. The highest BCUT2D eigenvalue weighted by molar-refractivity contribution is 6.31. The third-order valence-corrected chi connectivity index (χ3v) is 4.13. The third-order valence-electron chi connectivity index (χ3n) is 3.90. The molecule has 1 aromatic rings. The number of nitro benzene ring substituents is 1. The van der Waals surface area contributed by atoms with Crippen molar-refractivity contribution in [3.8, 4) is 0 Å². The van der Waals surface area contributed by atoms with E-state index in [4.69, 9.17) is 16.3 Å². The summed E-state index contributed by atoms with van der Waals surface area (Å²) in [6, 6.07) is 2.95. The number of nitrogens with one attached hydrogen (secondary N) is 2. The van der Waals surface area contributed by atoms with E-state index in [1.54, 1.807) is 0 Å². The smallest absolute Gasteiger partial charge is 0.292 e. The molecule has 0 radical (unpaired) electrons. The fraction of sp³-hybridized carbons (Fsp3) is 0.562. The van der Waals surface area contributed by atoms with Gasteiger partial charge in [0.2, 0.25) is 5.91 Å². The fourth-order valence-electron chi connectivity index (χ4n) is 2.67. The molecule has 0 spiro atoms. The number of nitrogens with zero attached hydrogens (tertiary/aromatic N) is 1. The van der Waals surface area contributed by atoms with Crippen LogP contribution in [0.3, 0.4) is 0 Å². The number of carbonyl (C=O) groups excluding carboxylic acids is 1. The summed E-state index contributed by atoms with van der Waals surface area (Å²) in [5.41, 5.74) is 0.0247. The maximum Gasteiger partial charge on any atom is 0.292 e.